The predicted molar refractivity (Wildman–Crippen MR) is 75.9 cm³/mol. The highest BCUT2D eigenvalue weighted by molar-refractivity contribution is 8.13. The molecule has 1 aliphatic heterocycles. The third-order valence-electron chi connectivity index (χ3n) is 3.01. The van der Waals surface area contributed by atoms with Crippen LogP contribution >= 0.6 is 22.3 Å². The van der Waals surface area contributed by atoms with Gasteiger partial charge in [-0.1, -0.05) is 11.6 Å². The van der Waals surface area contributed by atoms with Crippen molar-refractivity contribution in [1.29, 1.82) is 0 Å². The van der Waals surface area contributed by atoms with E-state index in [1.54, 1.807) is 6.92 Å². The van der Waals surface area contributed by atoms with Crippen LogP contribution in [0.15, 0.2) is 17.0 Å². The van der Waals surface area contributed by atoms with E-state index >= 15 is 0 Å². The van der Waals surface area contributed by atoms with Crippen molar-refractivity contribution in [2.75, 3.05) is 13.2 Å². The fraction of sp³-hybridized carbons (Fsp3) is 0.417. The largest absolute Gasteiger partial charge is 0.379 e. The third kappa shape index (κ3) is 3.44. The quantitative estimate of drug-likeness (QED) is 0.857. The average molecular weight is 338 g/mol. The summed E-state index contributed by atoms with van der Waals surface area (Å²) in [6.07, 6.45) is 0.735. The molecule has 0 bridgehead atoms. The Kier molecular flexibility index (Phi) is 4.59. The first-order valence-electron chi connectivity index (χ1n) is 5.92. The summed E-state index contributed by atoms with van der Waals surface area (Å²) in [6.45, 7) is 2.67. The zero-order valence-electron chi connectivity index (χ0n) is 10.7. The molecule has 1 aliphatic rings. The van der Waals surface area contributed by atoms with Gasteiger partial charge < -0.3 is 10.1 Å². The molecular weight excluding hydrogens is 325 g/mol. The number of hydrogen-bond acceptors (Lipinski definition) is 4. The fourth-order valence-corrected chi connectivity index (χ4v) is 3.50. The van der Waals surface area contributed by atoms with Crippen molar-refractivity contribution >= 4 is 37.2 Å². The highest BCUT2D eigenvalue weighted by Gasteiger charge is 2.22. The zero-order valence-corrected chi connectivity index (χ0v) is 13.0. The summed E-state index contributed by atoms with van der Waals surface area (Å²) < 4.78 is 28.1. The summed E-state index contributed by atoms with van der Waals surface area (Å²) in [5, 5.41) is 2.80. The first kappa shape index (κ1) is 15.6. The van der Waals surface area contributed by atoms with Gasteiger partial charge in [0.05, 0.1) is 17.7 Å². The lowest BCUT2D eigenvalue weighted by atomic mass is 10.1. The maximum atomic E-state index is 12.1. The number of amides is 1. The Bertz CT molecular complexity index is 639. The molecule has 0 saturated carbocycles. The van der Waals surface area contributed by atoms with Gasteiger partial charge in [-0.2, -0.15) is 0 Å². The first-order chi connectivity index (χ1) is 9.29. The SMILES string of the molecule is Cc1cc(C(=O)NC2CCOC2)cc(S(=O)(=O)Cl)c1Cl. The number of hydrogen-bond donors (Lipinski definition) is 1. The van der Waals surface area contributed by atoms with Crippen molar-refractivity contribution in [3.63, 3.8) is 0 Å². The lowest BCUT2D eigenvalue weighted by Gasteiger charge is -2.12. The molecule has 1 heterocycles. The third-order valence-corrected chi connectivity index (χ3v) is 4.97. The first-order valence-corrected chi connectivity index (χ1v) is 8.61. The van der Waals surface area contributed by atoms with Gasteiger partial charge in [0.25, 0.3) is 15.0 Å². The molecule has 1 saturated heterocycles. The molecule has 1 atom stereocenters. The molecule has 0 spiro atoms. The normalized spacial score (nSPS) is 19.1. The zero-order chi connectivity index (χ0) is 14.9. The predicted octanol–water partition coefficient (Wildman–Crippen LogP) is 2.09. The van der Waals surface area contributed by atoms with Crippen LogP contribution in [0.1, 0.15) is 22.3 Å². The molecule has 20 heavy (non-hydrogen) atoms. The van der Waals surface area contributed by atoms with Gasteiger partial charge in [-0.25, -0.2) is 8.42 Å². The Morgan fingerprint density at radius 3 is 2.70 bits per heavy atom. The molecule has 2 rings (SSSR count). The van der Waals surface area contributed by atoms with E-state index in [1.807, 2.05) is 0 Å². The van der Waals surface area contributed by atoms with Crippen LogP contribution in [0, 0.1) is 6.92 Å². The fourth-order valence-electron chi connectivity index (χ4n) is 1.96. The van der Waals surface area contributed by atoms with E-state index in [1.165, 1.54) is 12.1 Å². The monoisotopic (exact) mass is 337 g/mol. The van der Waals surface area contributed by atoms with Crippen LogP contribution in [0.25, 0.3) is 0 Å². The molecule has 1 aromatic rings. The van der Waals surface area contributed by atoms with Crippen molar-refractivity contribution in [3.05, 3.63) is 28.3 Å². The van der Waals surface area contributed by atoms with Crippen LogP contribution in [0.3, 0.4) is 0 Å². The van der Waals surface area contributed by atoms with Crippen LogP contribution in [0.4, 0.5) is 0 Å². The van der Waals surface area contributed by atoms with E-state index in [2.05, 4.69) is 5.32 Å². The Morgan fingerprint density at radius 1 is 1.45 bits per heavy atom. The lowest BCUT2D eigenvalue weighted by molar-refractivity contribution is 0.0929. The van der Waals surface area contributed by atoms with Gasteiger partial charge in [0, 0.05) is 22.9 Å². The number of nitrogens with one attached hydrogen (secondary N) is 1. The highest BCUT2D eigenvalue weighted by Crippen LogP contribution is 2.29. The summed E-state index contributed by atoms with van der Waals surface area (Å²) in [5.74, 6) is -0.373. The van der Waals surface area contributed by atoms with Crippen molar-refractivity contribution < 1.29 is 17.9 Å². The number of ether oxygens (including phenoxy) is 1. The molecule has 0 aromatic heterocycles. The van der Waals surface area contributed by atoms with Crippen LogP contribution in [-0.4, -0.2) is 33.6 Å². The number of halogens is 2. The minimum Gasteiger partial charge on any atom is -0.379 e. The average Bonchev–Trinajstić information content (AvgIpc) is 2.83. The molecule has 0 aliphatic carbocycles. The van der Waals surface area contributed by atoms with E-state index in [0.717, 1.165) is 6.42 Å². The Hall–Kier alpha value is -0.820. The highest BCUT2D eigenvalue weighted by atomic mass is 35.7. The number of aryl methyl sites for hydroxylation is 1. The van der Waals surface area contributed by atoms with E-state index < -0.39 is 9.05 Å². The standard InChI is InChI=1S/C12H13Cl2NO4S/c1-7-4-8(5-10(11(7)13)20(14,17)18)12(16)15-9-2-3-19-6-9/h4-5,9H,2-3,6H2,1H3,(H,15,16). The van der Waals surface area contributed by atoms with Gasteiger partial charge in [0.1, 0.15) is 4.90 Å². The van der Waals surface area contributed by atoms with Crippen LogP contribution in [-0.2, 0) is 13.8 Å². The molecule has 5 nitrogen and oxygen atoms in total. The van der Waals surface area contributed by atoms with E-state index in [9.17, 15) is 13.2 Å². The van der Waals surface area contributed by atoms with Crippen molar-refractivity contribution in [3.8, 4) is 0 Å². The van der Waals surface area contributed by atoms with Gasteiger partial charge >= 0.3 is 0 Å². The number of carbonyl (C=O) groups excluding carboxylic acids is 1. The molecule has 0 radical (unpaired) electrons. The second kappa shape index (κ2) is 5.89. The van der Waals surface area contributed by atoms with Crippen LogP contribution in [0.5, 0.6) is 0 Å². The maximum absolute atomic E-state index is 12.1. The van der Waals surface area contributed by atoms with Crippen molar-refractivity contribution in [2.24, 2.45) is 0 Å². The van der Waals surface area contributed by atoms with Gasteiger partial charge in [-0.15, -0.1) is 0 Å². The minimum atomic E-state index is -4.00. The molecule has 1 aromatic carbocycles. The van der Waals surface area contributed by atoms with Gasteiger partial charge in [-0.3, -0.25) is 4.79 Å². The van der Waals surface area contributed by atoms with Crippen molar-refractivity contribution in [1.82, 2.24) is 5.32 Å². The smallest absolute Gasteiger partial charge is 0.262 e. The molecule has 1 unspecified atom stereocenters. The van der Waals surface area contributed by atoms with E-state index in [4.69, 9.17) is 27.0 Å². The summed E-state index contributed by atoms with van der Waals surface area (Å²) in [7, 11) is 1.32. The molecule has 110 valence electrons. The minimum absolute atomic E-state index is 0.0285. The second-order valence-corrected chi connectivity index (χ2v) is 7.49. The van der Waals surface area contributed by atoms with Gasteiger partial charge in [-0.05, 0) is 31.0 Å². The lowest BCUT2D eigenvalue weighted by Crippen LogP contribution is -2.35. The summed E-state index contributed by atoms with van der Waals surface area (Å²) in [5.41, 5.74) is 0.680. The van der Waals surface area contributed by atoms with E-state index in [0.29, 0.717) is 18.8 Å². The number of rotatable bonds is 3. The summed E-state index contributed by atoms with van der Waals surface area (Å²) >= 11 is 5.91. The Labute approximate surface area is 126 Å². The Balaban J connectivity index is 2.32. The molecular formula is C12H13Cl2NO4S. The number of benzene rings is 1. The van der Waals surface area contributed by atoms with Gasteiger partial charge in [0.15, 0.2) is 0 Å². The van der Waals surface area contributed by atoms with Crippen LogP contribution in [0.2, 0.25) is 5.02 Å². The number of carbonyl (C=O) groups is 1. The molecule has 1 fully saturated rings. The topological polar surface area (TPSA) is 72.5 Å². The molecule has 1 N–H and O–H groups in total. The summed E-state index contributed by atoms with van der Waals surface area (Å²) in [6, 6.07) is 2.65. The second-order valence-electron chi connectivity index (χ2n) is 4.58. The van der Waals surface area contributed by atoms with Gasteiger partial charge in [0.2, 0.25) is 0 Å². The van der Waals surface area contributed by atoms with E-state index in [-0.39, 0.29) is 27.4 Å². The molecule has 8 heteroatoms. The summed E-state index contributed by atoms with van der Waals surface area (Å²) in [4.78, 5) is 11.8. The Morgan fingerprint density at radius 2 is 2.15 bits per heavy atom. The maximum Gasteiger partial charge on any atom is 0.262 e. The van der Waals surface area contributed by atoms with Crippen LogP contribution < -0.4 is 5.32 Å². The van der Waals surface area contributed by atoms with Crippen molar-refractivity contribution in [2.45, 2.75) is 24.3 Å². The molecule has 1 amide bonds.